The lowest BCUT2D eigenvalue weighted by atomic mass is 10.1. The number of carbonyl (C=O) groups excluding carboxylic acids is 4. The number of carbonyl (C=O) groups is 4. The first-order valence-electron chi connectivity index (χ1n) is 7.79. The number of esters is 4. The van der Waals surface area contributed by atoms with Gasteiger partial charge in [0.2, 0.25) is 0 Å². The van der Waals surface area contributed by atoms with Crippen LogP contribution in [0, 0.1) is 5.21 Å². The highest BCUT2D eigenvalue weighted by Gasteiger charge is 2.30. The van der Waals surface area contributed by atoms with E-state index in [1.807, 2.05) is 0 Å². The Hall–Kier alpha value is -3.40. The van der Waals surface area contributed by atoms with Gasteiger partial charge in [0.25, 0.3) is 0 Å². The minimum absolute atomic E-state index is 0.104. The number of hydrogen-bond acceptors (Lipinski definition) is 9. The third kappa shape index (κ3) is 3.10. The smallest absolute Gasteiger partial charge is 0.346 e. The normalized spacial score (nSPS) is 15.0. The first-order valence-corrected chi connectivity index (χ1v) is 7.79. The molecule has 0 saturated heterocycles. The lowest BCUT2D eigenvalue weighted by molar-refractivity contribution is -0.138. The van der Waals surface area contributed by atoms with Crippen molar-refractivity contribution in [3.05, 3.63) is 75.0 Å². The minimum Gasteiger partial charge on any atom is -0.762 e. The summed E-state index contributed by atoms with van der Waals surface area (Å²) >= 11 is 0. The van der Waals surface area contributed by atoms with E-state index in [2.05, 4.69) is 9.47 Å². The molecule has 0 fully saturated rings. The van der Waals surface area contributed by atoms with Gasteiger partial charge in [-0.2, -0.15) is 0 Å². The highest BCUT2D eigenvalue weighted by molar-refractivity contribution is 6.15. The summed E-state index contributed by atoms with van der Waals surface area (Å²) in [6.45, 7) is -0.329. The second-order valence-corrected chi connectivity index (χ2v) is 5.88. The molecule has 9 nitrogen and oxygen atoms in total. The van der Waals surface area contributed by atoms with Crippen molar-refractivity contribution in [3.8, 4) is 0 Å². The van der Waals surface area contributed by atoms with Gasteiger partial charge >= 0.3 is 23.9 Å². The van der Waals surface area contributed by atoms with Gasteiger partial charge in [0.1, 0.15) is 0 Å². The zero-order chi connectivity index (χ0) is 19.1. The molecule has 2 aliphatic heterocycles. The molecule has 2 heterocycles. The van der Waals surface area contributed by atoms with E-state index in [1.165, 1.54) is 30.3 Å². The average Bonchev–Trinajstić information content (AvgIpc) is 3.08. The van der Waals surface area contributed by atoms with Crippen LogP contribution in [0.1, 0.15) is 52.6 Å². The van der Waals surface area contributed by atoms with Gasteiger partial charge in [0.05, 0.1) is 28.9 Å². The summed E-state index contributed by atoms with van der Waals surface area (Å²) in [7, 11) is 0. The number of hydroxylamine groups is 2. The van der Waals surface area contributed by atoms with E-state index in [-0.39, 0.29) is 35.4 Å². The molecule has 0 N–H and O–H groups in total. The maximum absolute atomic E-state index is 11.9. The van der Waals surface area contributed by atoms with Crippen LogP contribution in [-0.2, 0) is 27.5 Å². The summed E-state index contributed by atoms with van der Waals surface area (Å²) in [5, 5.41) is 12.3. The fourth-order valence-electron chi connectivity index (χ4n) is 2.79. The number of benzene rings is 2. The number of hydrogen-bond donors (Lipinski definition) is 0. The highest BCUT2D eigenvalue weighted by atomic mass is 16.9. The molecule has 4 rings (SSSR count). The van der Waals surface area contributed by atoms with Crippen molar-refractivity contribution >= 4 is 23.9 Å². The van der Waals surface area contributed by atoms with Crippen LogP contribution in [0.3, 0.4) is 0 Å². The molecule has 0 bridgehead atoms. The quantitative estimate of drug-likeness (QED) is 0.441. The molecule has 0 amide bonds. The SMILES string of the molecule is O=C1OC(=O)c2cc(CON([O-])Cc3ccc4c(c3)C(=O)OC4=O)ccc21. The van der Waals surface area contributed by atoms with E-state index in [9.17, 15) is 24.4 Å². The molecule has 0 aromatic heterocycles. The molecule has 2 aromatic rings. The predicted octanol–water partition coefficient (Wildman–Crippen LogP) is 1.74. The topological polar surface area (TPSA) is 122 Å². The molecule has 0 radical (unpaired) electrons. The number of fused-ring (bicyclic) bond motifs is 2. The van der Waals surface area contributed by atoms with Crippen LogP contribution >= 0.6 is 0 Å². The van der Waals surface area contributed by atoms with Crippen molar-refractivity contribution < 1.29 is 33.5 Å². The zero-order valence-corrected chi connectivity index (χ0v) is 13.6. The Morgan fingerprint density at radius 2 is 1.22 bits per heavy atom. The standard InChI is InChI=1S/C18H10NO8/c20-15-11-3-1-9(5-13(11)17(22)26-15)7-19(24)25-8-10-2-4-12-14(6-10)18(23)27-16(12)21/h1-6H,7-8H2/q-1. The van der Waals surface area contributed by atoms with E-state index in [0.29, 0.717) is 16.4 Å². The van der Waals surface area contributed by atoms with Crippen LogP contribution in [0.4, 0.5) is 0 Å². The van der Waals surface area contributed by atoms with Crippen LogP contribution in [0.25, 0.3) is 0 Å². The van der Waals surface area contributed by atoms with Gasteiger partial charge < -0.3 is 19.5 Å². The molecule has 0 unspecified atom stereocenters. The van der Waals surface area contributed by atoms with Gasteiger partial charge in [0.15, 0.2) is 0 Å². The Balaban J connectivity index is 1.40. The Bertz CT molecular complexity index is 1010. The molecule has 136 valence electrons. The predicted molar refractivity (Wildman–Crippen MR) is 86.1 cm³/mol. The van der Waals surface area contributed by atoms with Crippen molar-refractivity contribution in [1.29, 1.82) is 0 Å². The second kappa shape index (κ2) is 6.40. The van der Waals surface area contributed by atoms with Gasteiger partial charge in [-0.05, 0) is 35.4 Å². The number of ether oxygens (including phenoxy) is 2. The van der Waals surface area contributed by atoms with Crippen molar-refractivity contribution in [2.45, 2.75) is 13.2 Å². The number of rotatable bonds is 5. The first-order chi connectivity index (χ1) is 12.9. The van der Waals surface area contributed by atoms with E-state index in [1.54, 1.807) is 6.07 Å². The molecule has 2 aliphatic rings. The summed E-state index contributed by atoms with van der Waals surface area (Å²) in [6.07, 6.45) is 0. The number of cyclic esters (lactones) is 4. The first kappa shape index (κ1) is 17.0. The maximum Gasteiger partial charge on any atom is 0.346 e. The van der Waals surface area contributed by atoms with Gasteiger partial charge in [0, 0.05) is 6.54 Å². The summed E-state index contributed by atoms with van der Waals surface area (Å²) in [6, 6.07) is 8.73. The third-order valence-electron chi connectivity index (χ3n) is 4.11. The van der Waals surface area contributed by atoms with E-state index in [0.717, 1.165) is 0 Å². The minimum atomic E-state index is -0.755. The van der Waals surface area contributed by atoms with Gasteiger partial charge in [-0.25, -0.2) is 19.2 Å². The Morgan fingerprint density at radius 3 is 1.81 bits per heavy atom. The second-order valence-electron chi connectivity index (χ2n) is 5.88. The van der Waals surface area contributed by atoms with Crippen molar-refractivity contribution in [2.24, 2.45) is 0 Å². The molecule has 2 aromatic carbocycles. The zero-order valence-electron chi connectivity index (χ0n) is 13.6. The van der Waals surface area contributed by atoms with Gasteiger partial charge in [-0.1, -0.05) is 12.1 Å². The lowest BCUT2D eigenvalue weighted by Crippen LogP contribution is -2.16. The van der Waals surface area contributed by atoms with Gasteiger partial charge in [-0.15, -0.1) is 0 Å². The molecule has 27 heavy (non-hydrogen) atoms. The van der Waals surface area contributed by atoms with Crippen molar-refractivity contribution in [3.63, 3.8) is 0 Å². The van der Waals surface area contributed by atoms with Crippen molar-refractivity contribution in [2.75, 3.05) is 0 Å². The fourth-order valence-corrected chi connectivity index (χ4v) is 2.79. The molecular formula is C18H10NO8-. The average molecular weight is 368 g/mol. The lowest BCUT2D eigenvalue weighted by Gasteiger charge is -2.27. The van der Waals surface area contributed by atoms with E-state index >= 15 is 0 Å². The Kier molecular flexibility index (Phi) is 4.04. The maximum atomic E-state index is 11.9. The molecule has 0 spiro atoms. The van der Waals surface area contributed by atoms with Crippen LogP contribution in [-0.4, -0.2) is 29.1 Å². The van der Waals surface area contributed by atoms with Crippen LogP contribution in [0.15, 0.2) is 36.4 Å². The fraction of sp³-hybridized carbons (Fsp3) is 0.111. The van der Waals surface area contributed by atoms with Crippen LogP contribution in [0.5, 0.6) is 0 Å². The molecular weight excluding hydrogens is 358 g/mol. The summed E-state index contributed by atoms with van der Waals surface area (Å²) in [5.41, 5.74) is 1.51. The van der Waals surface area contributed by atoms with Gasteiger partial charge in [-0.3, -0.25) is 5.23 Å². The summed E-state index contributed by atoms with van der Waals surface area (Å²) < 4.78 is 8.98. The Morgan fingerprint density at radius 1 is 0.741 bits per heavy atom. The molecule has 9 heteroatoms. The van der Waals surface area contributed by atoms with Crippen molar-refractivity contribution in [1.82, 2.24) is 5.23 Å². The number of nitrogens with zero attached hydrogens (tertiary/aromatic N) is 1. The third-order valence-corrected chi connectivity index (χ3v) is 4.11. The molecule has 0 atom stereocenters. The van der Waals surface area contributed by atoms with Crippen LogP contribution in [0.2, 0.25) is 0 Å². The highest BCUT2D eigenvalue weighted by Crippen LogP contribution is 2.23. The monoisotopic (exact) mass is 368 g/mol. The largest absolute Gasteiger partial charge is 0.762 e. The Labute approximate surface area is 151 Å². The van der Waals surface area contributed by atoms with E-state index < -0.39 is 23.9 Å². The van der Waals surface area contributed by atoms with Crippen LogP contribution < -0.4 is 0 Å². The molecule has 0 saturated carbocycles. The van der Waals surface area contributed by atoms with E-state index in [4.69, 9.17) is 4.84 Å². The summed E-state index contributed by atoms with van der Waals surface area (Å²) in [5.74, 6) is -2.92. The molecule has 0 aliphatic carbocycles. The summed E-state index contributed by atoms with van der Waals surface area (Å²) in [4.78, 5) is 50.9.